The van der Waals surface area contributed by atoms with E-state index in [-0.39, 0.29) is 36.6 Å². The molecule has 0 unspecified atom stereocenters. The van der Waals surface area contributed by atoms with Crippen LogP contribution in [-0.4, -0.2) is 37.4 Å². The van der Waals surface area contributed by atoms with Crippen LogP contribution in [0.4, 0.5) is 13.2 Å². The summed E-state index contributed by atoms with van der Waals surface area (Å²) in [5, 5.41) is 8.01. The van der Waals surface area contributed by atoms with E-state index in [1.807, 2.05) is 24.3 Å². The molecule has 1 fully saturated rings. The first-order valence-corrected chi connectivity index (χ1v) is 10.7. The van der Waals surface area contributed by atoms with Gasteiger partial charge in [-0.2, -0.15) is 0 Å². The SMILES string of the molecule is Cl.Cl.FC(F)(F)Oc1ccc([C@H](c2c3ccccc3cc3ccccc23)N2CCNCC2)cc1. The summed E-state index contributed by atoms with van der Waals surface area (Å²) >= 11 is 0. The number of hydrogen-bond donors (Lipinski definition) is 1. The standard InChI is InChI=1S/C26H23F3N2O.2ClH/c27-26(28,29)32-21-11-9-18(10-12-21)25(31-15-13-30-14-16-31)24-22-7-3-1-5-19(22)17-20-6-2-4-8-23(20)24;;/h1-12,17,25,30H,13-16H2;2*1H/t25-;;/m1../s1. The van der Waals surface area contributed by atoms with Crippen molar-refractivity contribution in [2.75, 3.05) is 26.2 Å². The second-order valence-corrected chi connectivity index (χ2v) is 8.04. The maximum Gasteiger partial charge on any atom is 0.573 e. The van der Waals surface area contributed by atoms with Crippen molar-refractivity contribution in [1.29, 1.82) is 0 Å². The quantitative estimate of drug-likeness (QED) is 0.309. The average molecular weight is 509 g/mol. The van der Waals surface area contributed by atoms with E-state index in [4.69, 9.17) is 0 Å². The lowest BCUT2D eigenvalue weighted by atomic mass is 9.87. The van der Waals surface area contributed by atoms with Gasteiger partial charge in [0.2, 0.25) is 0 Å². The minimum Gasteiger partial charge on any atom is -0.406 e. The van der Waals surface area contributed by atoms with Crippen molar-refractivity contribution in [3.8, 4) is 5.75 Å². The zero-order valence-electron chi connectivity index (χ0n) is 18.2. The highest BCUT2D eigenvalue weighted by atomic mass is 35.5. The fourth-order valence-corrected chi connectivity index (χ4v) is 4.70. The van der Waals surface area contributed by atoms with E-state index in [1.165, 1.54) is 17.7 Å². The molecule has 1 aliphatic heterocycles. The Balaban J connectivity index is 0.00000162. The number of nitrogens with one attached hydrogen (secondary N) is 1. The van der Waals surface area contributed by atoms with Gasteiger partial charge >= 0.3 is 6.36 Å². The Morgan fingerprint density at radius 1 is 0.765 bits per heavy atom. The first-order valence-electron chi connectivity index (χ1n) is 10.7. The molecule has 5 rings (SSSR count). The highest BCUT2D eigenvalue weighted by Crippen LogP contribution is 2.39. The molecular formula is C26H25Cl2F3N2O. The normalized spacial score (nSPS) is 15.4. The minimum atomic E-state index is -4.70. The van der Waals surface area contributed by atoms with E-state index >= 15 is 0 Å². The van der Waals surface area contributed by atoms with Gasteiger partial charge in [-0.05, 0) is 50.9 Å². The van der Waals surface area contributed by atoms with Crippen LogP contribution in [0.1, 0.15) is 17.2 Å². The number of alkyl halides is 3. The number of piperazine rings is 1. The highest BCUT2D eigenvalue weighted by Gasteiger charge is 2.32. The molecule has 3 nitrogen and oxygen atoms in total. The first-order chi connectivity index (χ1) is 15.5. The molecule has 1 N–H and O–H groups in total. The second kappa shape index (κ2) is 10.8. The summed E-state index contributed by atoms with van der Waals surface area (Å²) in [6, 6.07) is 25.1. The van der Waals surface area contributed by atoms with Crippen LogP contribution in [0.15, 0.2) is 78.9 Å². The predicted octanol–water partition coefficient (Wildman–Crippen LogP) is 6.73. The van der Waals surface area contributed by atoms with Gasteiger partial charge in [0.1, 0.15) is 5.75 Å². The van der Waals surface area contributed by atoms with Gasteiger partial charge < -0.3 is 10.1 Å². The Kier molecular flexibility index (Phi) is 8.31. The molecule has 0 aliphatic carbocycles. The van der Waals surface area contributed by atoms with Crippen LogP contribution in [0.3, 0.4) is 0 Å². The summed E-state index contributed by atoms with van der Waals surface area (Å²) in [6.07, 6.45) is -4.70. The van der Waals surface area contributed by atoms with Crippen molar-refractivity contribution in [3.05, 3.63) is 90.0 Å². The summed E-state index contributed by atoms with van der Waals surface area (Å²) in [6.45, 7) is 3.44. The van der Waals surface area contributed by atoms with Crippen LogP contribution < -0.4 is 10.1 Å². The van der Waals surface area contributed by atoms with Gasteiger partial charge in [0.15, 0.2) is 0 Å². The van der Waals surface area contributed by atoms with Crippen LogP contribution in [0, 0.1) is 0 Å². The van der Waals surface area contributed by atoms with E-state index in [0.717, 1.165) is 53.3 Å². The largest absolute Gasteiger partial charge is 0.573 e. The molecular weight excluding hydrogens is 484 g/mol. The zero-order valence-corrected chi connectivity index (χ0v) is 19.9. The molecule has 0 aromatic heterocycles. The molecule has 0 bridgehead atoms. The number of fused-ring (bicyclic) bond motifs is 2. The third-order valence-electron chi connectivity index (χ3n) is 6.03. The van der Waals surface area contributed by atoms with Gasteiger partial charge in [-0.1, -0.05) is 60.7 Å². The monoisotopic (exact) mass is 508 g/mol. The number of ether oxygens (including phenoxy) is 1. The molecule has 8 heteroatoms. The number of rotatable bonds is 4. The number of benzene rings is 4. The molecule has 34 heavy (non-hydrogen) atoms. The predicted molar refractivity (Wildman–Crippen MR) is 135 cm³/mol. The van der Waals surface area contributed by atoms with Gasteiger partial charge in [-0.15, -0.1) is 38.0 Å². The summed E-state index contributed by atoms with van der Waals surface area (Å²) in [5.74, 6) is -0.205. The van der Waals surface area contributed by atoms with E-state index < -0.39 is 6.36 Å². The average Bonchev–Trinajstić information content (AvgIpc) is 2.79. The summed E-state index contributed by atoms with van der Waals surface area (Å²) < 4.78 is 42.1. The topological polar surface area (TPSA) is 24.5 Å². The number of hydrogen-bond acceptors (Lipinski definition) is 3. The maximum atomic E-state index is 12.7. The lowest BCUT2D eigenvalue weighted by molar-refractivity contribution is -0.274. The molecule has 4 aromatic carbocycles. The second-order valence-electron chi connectivity index (χ2n) is 8.04. The van der Waals surface area contributed by atoms with Crippen molar-refractivity contribution in [2.45, 2.75) is 12.4 Å². The zero-order chi connectivity index (χ0) is 22.1. The number of halogens is 5. The molecule has 0 spiro atoms. The van der Waals surface area contributed by atoms with E-state index in [0.29, 0.717) is 0 Å². The summed E-state index contributed by atoms with van der Waals surface area (Å²) in [5.41, 5.74) is 2.13. The van der Waals surface area contributed by atoms with Crippen molar-refractivity contribution < 1.29 is 17.9 Å². The van der Waals surface area contributed by atoms with Gasteiger partial charge in [0.25, 0.3) is 0 Å². The summed E-state index contributed by atoms with van der Waals surface area (Å²) in [4.78, 5) is 2.41. The molecule has 1 heterocycles. The Labute approximate surface area is 208 Å². The Hall–Kier alpha value is -2.51. The van der Waals surface area contributed by atoms with E-state index in [2.05, 4.69) is 45.3 Å². The smallest absolute Gasteiger partial charge is 0.406 e. The van der Waals surface area contributed by atoms with Crippen LogP contribution in [0.5, 0.6) is 5.75 Å². The van der Waals surface area contributed by atoms with Crippen LogP contribution >= 0.6 is 24.8 Å². The molecule has 1 saturated heterocycles. The lowest BCUT2D eigenvalue weighted by Gasteiger charge is -2.37. The molecule has 0 radical (unpaired) electrons. The van der Waals surface area contributed by atoms with Gasteiger partial charge in [-0.3, -0.25) is 4.90 Å². The van der Waals surface area contributed by atoms with E-state index in [1.54, 1.807) is 12.1 Å². The fourth-order valence-electron chi connectivity index (χ4n) is 4.70. The van der Waals surface area contributed by atoms with E-state index in [9.17, 15) is 13.2 Å². The highest BCUT2D eigenvalue weighted by molar-refractivity contribution is 6.03. The number of nitrogens with zero attached hydrogens (tertiary/aromatic N) is 1. The Morgan fingerprint density at radius 3 is 1.82 bits per heavy atom. The van der Waals surface area contributed by atoms with Crippen LogP contribution in [0.25, 0.3) is 21.5 Å². The minimum absolute atomic E-state index is 0. The molecule has 1 atom stereocenters. The van der Waals surface area contributed by atoms with Crippen LogP contribution in [0.2, 0.25) is 0 Å². The van der Waals surface area contributed by atoms with Crippen molar-refractivity contribution in [3.63, 3.8) is 0 Å². The van der Waals surface area contributed by atoms with Crippen molar-refractivity contribution in [1.82, 2.24) is 10.2 Å². The molecule has 0 saturated carbocycles. The molecule has 1 aliphatic rings. The third kappa shape index (κ3) is 5.41. The fraction of sp³-hybridized carbons (Fsp3) is 0.231. The molecule has 4 aromatic rings. The van der Waals surface area contributed by atoms with Gasteiger partial charge in [0, 0.05) is 26.2 Å². The lowest BCUT2D eigenvalue weighted by Crippen LogP contribution is -2.45. The Morgan fingerprint density at radius 2 is 1.29 bits per heavy atom. The molecule has 180 valence electrons. The summed E-state index contributed by atoms with van der Waals surface area (Å²) in [7, 11) is 0. The maximum absolute atomic E-state index is 12.7. The molecule has 0 amide bonds. The van der Waals surface area contributed by atoms with Crippen molar-refractivity contribution in [2.24, 2.45) is 0 Å². The third-order valence-corrected chi connectivity index (χ3v) is 6.03. The van der Waals surface area contributed by atoms with Crippen LogP contribution in [-0.2, 0) is 0 Å². The Bertz CT molecular complexity index is 1190. The van der Waals surface area contributed by atoms with Gasteiger partial charge in [-0.25, -0.2) is 0 Å². The van der Waals surface area contributed by atoms with Gasteiger partial charge in [0.05, 0.1) is 6.04 Å². The van der Waals surface area contributed by atoms with Crippen molar-refractivity contribution >= 4 is 46.4 Å². The first kappa shape index (κ1) is 26.1.